The van der Waals surface area contributed by atoms with Crippen molar-refractivity contribution in [1.29, 1.82) is 0 Å². The average molecular weight is 372 g/mol. The Morgan fingerprint density at radius 2 is 1.93 bits per heavy atom. The van der Waals surface area contributed by atoms with Crippen molar-refractivity contribution in [3.63, 3.8) is 0 Å². The third-order valence-electron chi connectivity index (χ3n) is 5.89. The summed E-state index contributed by atoms with van der Waals surface area (Å²) in [5.41, 5.74) is 3.85. The van der Waals surface area contributed by atoms with Gasteiger partial charge in [0.2, 0.25) is 0 Å². The number of ether oxygens (including phenoxy) is 2. The molecule has 1 spiro atoms. The first-order valence-electron chi connectivity index (χ1n) is 9.73. The second kappa shape index (κ2) is 6.75. The predicted molar refractivity (Wildman–Crippen MR) is 103 cm³/mol. The lowest BCUT2D eigenvalue weighted by Gasteiger charge is -2.40. The molecule has 1 saturated carbocycles. The first kappa shape index (κ1) is 18.2. The van der Waals surface area contributed by atoms with Crippen LogP contribution in [0.4, 0.5) is 5.69 Å². The minimum atomic E-state index is -0.371. The van der Waals surface area contributed by atoms with E-state index in [1.54, 1.807) is 0 Å². The van der Waals surface area contributed by atoms with Crippen molar-refractivity contribution in [2.24, 2.45) is 11.3 Å². The molecule has 0 atom stereocenters. The van der Waals surface area contributed by atoms with E-state index >= 15 is 0 Å². The molecule has 6 nitrogen and oxygen atoms in total. The summed E-state index contributed by atoms with van der Waals surface area (Å²) in [6.07, 6.45) is 6.02. The molecule has 0 radical (unpaired) electrons. The predicted octanol–water partition coefficient (Wildman–Crippen LogP) is 3.79. The molecule has 0 bridgehead atoms. The summed E-state index contributed by atoms with van der Waals surface area (Å²) in [6, 6.07) is 5.49. The first-order valence-corrected chi connectivity index (χ1v) is 9.73. The van der Waals surface area contributed by atoms with E-state index in [0.29, 0.717) is 47.4 Å². The second-order valence-corrected chi connectivity index (χ2v) is 8.75. The number of anilines is 1. The number of para-hydroxylation sites is 1. The van der Waals surface area contributed by atoms with Gasteiger partial charge in [-0.3, -0.25) is 15.1 Å². The number of carbonyl (C=O) groups is 1. The van der Waals surface area contributed by atoms with Gasteiger partial charge in [0.15, 0.2) is 11.5 Å². The molecular formula is C21H28N2O4. The highest BCUT2D eigenvalue weighted by molar-refractivity contribution is 6.04. The van der Waals surface area contributed by atoms with Gasteiger partial charge in [0.25, 0.3) is 5.91 Å². The van der Waals surface area contributed by atoms with Crippen LogP contribution in [0.3, 0.4) is 0 Å². The molecule has 0 unspecified atom stereocenters. The molecule has 0 aromatic heterocycles. The Hall–Kier alpha value is -2.21. The number of hydrogen-bond donors (Lipinski definition) is 2. The number of hydroxylamine groups is 1. The quantitative estimate of drug-likeness (QED) is 0.827. The van der Waals surface area contributed by atoms with Crippen LogP contribution >= 0.6 is 0 Å². The maximum absolute atomic E-state index is 12.7. The molecule has 1 amide bonds. The standard InChI is InChI=1S/C21H28N2O4/c1-20(2,3)14-7-9-21(10-8-14)13-16(23-27-21)19(24)22-15-5-4-6-17-18(15)26-12-11-25-17/h4-6,13-14,23H,7-12H2,1-3H3,(H,22,24). The number of fused-ring (bicyclic) bond motifs is 1. The molecular weight excluding hydrogens is 344 g/mol. The highest BCUT2D eigenvalue weighted by Gasteiger charge is 2.42. The summed E-state index contributed by atoms with van der Waals surface area (Å²) < 4.78 is 11.2. The fourth-order valence-electron chi connectivity index (χ4n) is 4.17. The van der Waals surface area contributed by atoms with Crippen molar-refractivity contribution in [3.8, 4) is 11.5 Å². The van der Waals surface area contributed by atoms with Crippen LogP contribution in [0.1, 0.15) is 46.5 Å². The minimum Gasteiger partial charge on any atom is -0.486 e. The van der Waals surface area contributed by atoms with Gasteiger partial charge >= 0.3 is 0 Å². The topological polar surface area (TPSA) is 68.8 Å². The zero-order valence-electron chi connectivity index (χ0n) is 16.3. The number of amides is 1. The van der Waals surface area contributed by atoms with Gasteiger partial charge in [-0.15, -0.1) is 0 Å². The van der Waals surface area contributed by atoms with Crippen molar-refractivity contribution in [2.45, 2.75) is 52.1 Å². The zero-order valence-corrected chi connectivity index (χ0v) is 16.3. The molecule has 1 fully saturated rings. The molecule has 1 aromatic carbocycles. The molecule has 0 saturated heterocycles. The van der Waals surface area contributed by atoms with E-state index in [1.807, 2.05) is 24.3 Å². The lowest BCUT2D eigenvalue weighted by molar-refractivity contribution is -0.115. The molecule has 2 heterocycles. The van der Waals surface area contributed by atoms with Crippen LogP contribution in [0.25, 0.3) is 0 Å². The van der Waals surface area contributed by atoms with Crippen molar-refractivity contribution >= 4 is 11.6 Å². The molecule has 6 heteroatoms. The summed E-state index contributed by atoms with van der Waals surface area (Å²) in [6.45, 7) is 7.88. The summed E-state index contributed by atoms with van der Waals surface area (Å²) in [7, 11) is 0. The summed E-state index contributed by atoms with van der Waals surface area (Å²) in [5, 5.41) is 2.91. The Kier molecular flexibility index (Phi) is 4.54. The Bertz CT molecular complexity index is 758. The Morgan fingerprint density at radius 1 is 1.19 bits per heavy atom. The molecule has 146 valence electrons. The lowest BCUT2D eigenvalue weighted by Crippen LogP contribution is -2.37. The Labute approximate surface area is 160 Å². The van der Waals surface area contributed by atoms with E-state index in [4.69, 9.17) is 14.3 Å². The largest absolute Gasteiger partial charge is 0.486 e. The fourth-order valence-corrected chi connectivity index (χ4v) is 4.17. The van der Waals surface area contributed by atoms with E-state index in [1.165, 1.54) is 0 Å². The number of rotatable bonds is 2. The van der Waals surface area contributed by atoms with Gasteiger partial charge in [-0.2, -0.15) is 0 Å². The van der Waals surface area contributed by atoms with E-state index in [2.05, 4.69) is 31.6 Å². The zero-order chi connectivity index (χ0) is 19.1. The van der Waals surface area contributed by atoms with Gasteiger partial charge < -0.3 is 14.8 Å². The Morgan fingerprint density at radius 3 is 2.67 bits per heavy atom. The summed E-state index contributed by atoms with van der Waals surface area (Å²) >= 11 is 0. The maximum atomic E-state index is 12.7. The van der Waals surface area contributed by atoms with Crippen LogP contribution in [0.5, 0.6) is 11.5 Å². The third-order valence-corrected chi connectivity index (χ3v) is 5.89. The number of benzene rings is 1. The number of carbonyl (C=O) groups excluding carboxylic acids is 1. The Balaban J connectivity index is 1.44. The minimum absolute atomic E-state index is 0.229. The smallest absolute Gasteiger partial charge is 0.273 e. The van der Waals surface area contributed by atoms with Crippen LogP contribution in [0.15, 0.2) is 30.0 Å². The van der Waals surface area contributed by atoms with Gasteiger partial charge in [-0.1, -0.05) is 26.8 Å². The van der Waals surface area contributed by atoms with Gasteiger partial charge in [0.1, 0.15) is 24.5 Å². The molecule has 4 rings (SSSR count). The van der Waals surface area contributed by atoms with Crippen molar-refractivity contribution in [3.05, 3.63) is 30.0 Å². The van der Waals surface area contributed by atoms with Gasteiger partial charge in [0.05, 0.1) is 5.69 Å². The molecule has 1 aromatic rings. The monoisotopic (exact) mass is 372 g/mol. The summed E-state index contributed by atoms with van der Waals surface area (Å²) in [4.78, 5) is 18.6. The number of hydrogen-bond acceptors (Lipinski definition) is 5. The highest BCUT2D eigenvalue weighted by atomic mass is 16.7. The normalized spacial score (nSPS) is 27.1. The van der Waals surface area contributed by atoms with Crippen molar-refractivity contribution in [1.82, 2.24) is 5.48 Å². The van der Waals surface area contributed by atoms with Crippen LogP contribution in [-0.4, -0.2) is 24.7 Å². The van der Waals surface area contributed by atoms with Crippen molar-refractivity contribution < 1.29 is 19.1 Å². The van der Waals surface area contributed by atoms with Crippen LogP contribution in [-0.2, 0) is 9.63 Å². The molecule has 2 N–H and O–H groups in total. The van der Waals surface area contributed by atoms with Gasteiger partial charge in [-0.05, 0) is 55.2 Å². The third kappa shape index (κ3) is 3.63. The van der Waals surface area contributed by atoms with Gasteiger partial charge in [-0.25, -0.2) is 0 Å². The first-order chi connectivity index (χ1) is 12.9. The van der Waals surface area contributed by atoms with E-state index in [-0.39, 0.29) is 11.5 Å². The molecule has 1 aliphatic carbocycles. The molecule has 3 aliphatic rings. The van der Waals surface area contributed by atoms with E-state index in [9.17, 15) is 4.79 Å². The second-order valence-electron chi connectivity index (χ2n) is 8.75. The number of nitrogens with one attached hydrogen (secondary N) is 2. The van der Waals surface area contributed by atoms with Crippen LogP contribution < -0.4 is 20.3 Å². The van der Waals surface area contributed by atoms with Crippen molar-refractivity contribution in [2.75, 3.05) is 18.5 Å². The fraction of sp³-hybridized carbons (Fsp3) is 0.571. The van der Waals surface area contributed by atoms with Crippen LogP contribution in [0, 0.1) is 11.3 Å². The van der Waals surface area contributed by atoms with Gasteiger partial charge in [0, 0.05) is 0 Å². The SMILES string of the molecule is CC(C)(C)C1CCC2(C=C(C(=O)Nc3cccc4c3OCCO4)NO2)CC1. The molecule has 27 heavy (non-hydrogen) atoms. The van der Waals surface area contributed by atoms with E-state index < -0.39 is 0 Å². The van der Waals surface area contributed by atoms with E-state index in [0.717, 1.165) is 25.7 Å². The highest BCUT2D eigenvalue weighted by Crippen LogP contribution is 2.45. The maximum Gasteiger partial charge on any atom is 0.273 e. The average Bonchev–Trinajstić information content (AvgIpc) is 3.05. The lowest BCUT2D eigenvalue weighted by atomic mass is 9.68. The molecule has 2 aliphatic heterocycles. The van der Waals surface area contributed by atoms with Crippen LogP contribution in [0.2, 0.25) is 0 Å². The summed E-state index contributed by atoms with van der Waals surface area (Å²) in [5.74, 6) is 1.69.